The summed E-state index contributed by atoms with van der Waals surface area (Å²) in [5.41, 5.74) is 1.09. The normalized spacial score (nSPS) is 12.1. The van der Waals surface area contributed by atoms with Crippen molar-refractivity contribution in [2.45, 2.75) is 19.5 Å². The Hall–Kier alpha value is -1.42. The van der Waals surface area contributed by atoms with Crippen molar-refractivity contribution in [2.75, 3.05) is 7.11 Å². The lowest BCUT2D eigenvalue weighted by Gasteiger charge is -2.10. The van der Waals surface area contributed by atoms with Crippen LogP contribution in [0.1, 0.15) is 12.5 Å². The van der Waals surface area contributed by atoms with Gasteiger partial charge in [0.15, 0.2) is 0 Å². The molecule has 14 heavy (non-hydrogen) atoms. The molecule has 0 aromatic carbocycles. The molecular weight excluding hydrogens is 180 g/mol. The van der Waals surface area contributed by atoms with Crippen LogP contribution in [0, 0.1) is 0 Å². The molecule has 1 N–H and O–H groups in total. The van der Waals surface area contributed by atoms with Gasteiger partial charge in [0, 0.05) is 18.9 Å². The Bertz CT molecular complexity index is 287. The van der Waals surface area contributed by atoms with Crippen molar-refractivity contribution in [2.24, 2.45) is 0 Å². The highest BCUT2D eigenvalue weighted by Crippen LogP contribution is 1.96. The Labute approximate surface area is 83.3 Å². The van der Waals surface area contributed by atoms with Gasteiger partial charge in [-0.05, 0) is 24.6 Å². The average Bonchev–Trinajstić information content (AvgIpc) is 2.26. The van der Waals surface area contributed by atoms with Gasteiger partial charge in [0.25, 0.3) is 0 Å². The van der Waals surface area contributed by atoms with Crippen LogP contribution in [0.15, 0.2) is 24.5 Å². The van der Waals surface area contributed by atoms with Crippen molar-refractivity contribution in [3.63, 3.8) is 0 Å². The average molecular weight is 194 g/mol. The summed E-state index contributed by atoms with van der Waals surface area (Å²) in [4.78, 5) is 14.9. The highest BCUT2D eigenvalue weighted by atomic mass is 16.5. The fourth-order valence-corrected chi connectivity index (χ4v) is 1.03. The number of methoxy groups -OCH3 is 1. The predicted molar refractivity (Wildman–Crippen MR) is 52.6 cm³/mol. The molecule has 0 radical (unpaired) electrons. The van der Waals surface area contributed by atoms with E-state index >= 15 is 0 Å². The Morgan fingerprint density at radius 2 is 2.21 bits per heavy atom. The minimum absolute atomic E-state index is 0.251. The summed E-state index contributed by atoms with van der Waals surface area (Å²) in [6, 6.07) is 3.52. The lowest BCUT2D eigenvalue weighted by molar-refractivity contribution is -0.142. The molecule has 1 rings (SSSR count). The molecule has 4 heteroatoms. The summed E-state index contributed by atoms with van der Waals surface area (Å²) in [7, 11) is 1.38. The summed E-state index contributed by atoms with van der Waals surface area (Å²) in [5, 5.41) is 3.05. The first-order chi connectivity index (χ1) is 6.74. The standard InChI is InChI=1S/C10H14N2O2/c1-8(10(13)14-2)12-7-9-3-5-11-6-4-9/h3-6,8,12H,7H2,1-2H3. The number of ether oxygens (including phenoxy) is 1. The van der Waals surface area contributed by atoms with Crippen LogP contribution in [0.5, 0.6) is 0 Å². The number of nitrogens with zero attached hydrogens (tertiary/aromatic N) is 1. The zero-order valence-electron chi connectivity index (χ0n) is 8.36. The van der Waals surface area contributed by atoms with Crippen molar-refractivity contribution in [3.05, 3.63) is 30.1 Å². The highest BCUT2D eigenvalue weighted by Gasteiger charge is 2.11. The van der Waals surface area contributed by atoms with Crippen LogP contribution >= 0.6 is 0 Å². The first-order valence-corrected chi connectivity index (χ1v) is 4.44. The second-order valence-corrected chi connectivity index (χ2v) is 2.98. The maximum atomic E-state index is 11.0. The first-order valence-electron chi connectivity index (χ1n) is 4.44. The molecule has 0 spiro atoms. The predicted octanol–water partition coefficient (Wildman–Crippen LogP) is 0.733. The zero-order chi connectivity index (χ0) is 10.4. The topological polar surface area (TPSA) is 51.2 Å². The summed E-state index contributed by atoms with van der Waals surface area (Å²) < 4.78 is 4.59. The van der Waals surface area contributed by atoms with Gasteiger partial charge in [-0.1, -0.05) is 0 Å². The van der Waals surface area contributed by atoms with E-state index in [1.165, 1.54) is 7.11 Å². The van der Waals surface area contributed by atoms with E-state index in [1.807, 2.05) is 12.1 Å². The second kappa shape index (κ2) is 5.34. The first kappa shape index (κ1) is 10.7. The molecule has 1 atom stereocenters. The van der Waals surface area contributed by atoms with Gasteiger partial charge in [0.05, 0.1) is 7.11 Å². The minimum Gasteiger partial charge on any atom is -0.468 e. The molecule has 0 fully saturated rings. The van der Waals surface area contributed by atoms with Gasteiger partial charge in [-0.2, -0.15) is 0 Å². The lowest BCUT2D eigenvalue weighted by Crippen LogP contribution is -2.34. The Balaban J connectivity index is 2.38. The minimum atomic E-state index is -0.284. The molecule has 0 saturated carbocycles. The molecule has 0 aliphatic heterocycles. The lowest BCUT2D eigenvalue weighted by atomic mass is 10.2. The van der Waals surface area contributed by atoms with E-state index in [1.54, 1.807) is 19.3 Å². The number of aromatic nitrogens is 1. The summed E-state index contributed by atoms with van der Waals surface area (Å²) in [6.07, 6.45) is 3.44. The number of esters is 1. The molecule has 0 amide bonds. The fourth-order valence-electron chi connectivity index (χ4n) is 1.03. The number of carbonyl (C=O) groups is 1. The van der Waals surface area contributed by atoms with Gasteiger partial charge < -0.3 is 10.1 Å². The van der Waals surface area contributed by atoms with E-state index in [9.17, 15) is 4.79 Å². The van der Waals surface area contributed by atoms with Gasteiger partial charge in [0.2, 0.25) is 0 Å². The van der Waals surface area contributed by atoms with Crippen molar-refractivity contribution in [3.8, 4) is 0 Å². The van der Waals surface area contributed by atoms with Crippen LogP contribution in [0.4, 0.5) is 0 Å². The van der Waals surface area contributed by atoms with Crippen LogP contribution < -0.4 is 5.32 Å². The molecule has 1 aromatic heterocycles. The van der Waals surface area contributed by atoms with Crippen molar-refractivity contribution >= 4 is 5.97 Å². The van der Waals surface area contributed by atoms with Crippen LogP contribution in [0.25, 0.3) is 0 Å². The third-order valence-electron chi connectivity index (χ3n) is 1.92. The summed E-state index contributed by atoms with van der Waals surface area (Å²) in [5.74, 6) is -0.251. The Kier molecular flexibility index (Phi) is 4.07. The van der Waals surface area contributed by atoms with E-state index in [0.29, 0.717) is 6.54 Å². The molecule has 1 aromatic rings. The zero-order valence-corrected chi connectivity index (χ0v) is 8.36. The molecule has 0 saturated heterocycles. The van der Waals surface area contributed by atoms with E-state index in [0.717, 1.165) is 5.56 Å². The van der Waals surface area contributed by atoms with Crippen LogP contribution in [-0.4, -0.2) is 24.1 Å². The van der Waals surface area contributed by atoms with E-state index in [2.05, 4.69) is 15.0 Å². The second-order valence-electron chi connectivity index (χ2n) is 2.98. The third-order valence-corrected chi connectivity index (χ3v) is 1.92. The molecule has 0 aliphatic carbocycles. The number of hydrogen-bond acceptors (Lipinski definition) is 4. The molecule has 76 valence electrons. The van der Waals surface area contributed by atoms with Crippen molar-refractivity contribution < 1.29 is 9.53 Å². The molecule has 0 bridgehead atoms. The van der Waals surface area contributed by atoms with E-state index < -0.39 is 0 Å². The van der Waals surface area contributed by atoms with Crippen LogP contribution in [-0.2, 0) is 16.1 Å². The SMILES string of the molecule is COC(=O)C(C)NCc1ccncc1. The van der Waals surface area contributed by atoms with Crippen molar-refractivity contribution in [1.82, 2.24) is 10.3 Å². The monoisotopic (exact) mass is 194 g/mol. The van der Waals surface area contributed by atoms with E-state index in [-0.39, 0.29) is 12.0 Å². The maximum absolute atomic E-state index is 11.0. The van der Waals surface area contributed by atoms with Gasteiger partial charge in [-0.25, -0.2) is 0 Å². The number of carbonyl (C=O) groups excluding carboxylic acids is 1. The molecule has 1 heterocycles. The molecular formula is C10H14N2O2. The van der Waals surface area contributed by atoms with Gasteiger partial charge in [-0.15, -0.1) is 0 Å². The van der Waals surface area contributed by atoms with Gasteiger partial charge in [0.1, 0.15) is 6.04 Å². The number of rotatable bonds is 4. The fraction of sp³-hybridized carbons (Fsp3) is 0.400. The number of hydrogen-bond donors (Lipinski definition) is 1. The van der Waals surface area contributed by atoms with Gasteiger partial charge in [-0.3, -0.25) is 9.78 Å². The maximum Gasteiger partial charge on any atom is 0.322 e. The summed E-state index contributed by atoms with van der Waals surface area (Å²) >= 11 is 0. The number of nitrogens with one attached hydrogen (secondary N) is 1. The van der Waals surface area contributed by atoms with E-state index in [4.69, 9.17) is 0 Å². The van der Waals surface area contributed by atoms with Crippen molar-refractivity contribution in [1.29, 1.82) is 0 Å². The van der Waals surface area contributed by atoms with Gasteiger partial charge >= 0.3 is 5.97 Å². The van der Waals surface area contributed by atoms with Crippen LogP contribution in [0.3, 0.4) is 0 Å². The number of pyridine rings is 1. The molecule has 1 unspecified atom stereocenters. The largest absolute Gasteiger partial charge is 0.468 e. The summed E-state index contributed by atoms with van der Waals surface area (Å²) in [6.45, 7) is 2.41. The molecule has 4 nitrogen and oxygen atoms in total. The quantitative estimate of drug-likeness (QED) is 0.718. The Morgan fingerprint density at radius 3 is 2.79 bits per heavy atom. The van der Waals surface area contributed by atoms with Crippen LogP contribution in [0.2, 0.25) is 0 Å². The Morgan fingerprint density at radius 1 is 1.57 bits per heavy atom. The third kappa shape index (κ3) is 3.14. The highest BCUT2D eigenvalue weighted by molar-refractivity contribution is 5.75. The molecule has 0 aliphatic rings. The smallest absolute Gasteiger partial charge is 0.322 e.